The molecule has 0 aliphatic carbocycles. The summed E-state index contributed by atoms with van der Waals surface area (Å²) in [5.74, 6) is 0.855. The van der Waals surface area contributed by atoms with E-state index in [1.165, 1.54) is 16.8 Å². The smallest absolute Gasteiger partial charge is 0.506 e. The maximum absolute atomic E-state index is 12.9. The molecular weight excluding hydrogens is 953 g/mol. The van der Waals surface area contributed by atoms with Crippen molar-refractivity contribution in [3.63, 3.8) is 0 Å². The third-order valence-corrected chi connectivity index (χ3v) is 10.0. The Hall–Kier alpha value is -6.11. The van der Waals surface area contributed by atoms with Crippen molar-refractivity contribution < 1.29 is 45.2 Å². The van der Waals surface area contributed by atoms with Crippen LogP contribution in [0, 0.1) is 27.7 Å². The Labute approximate surface area is 402 Å². The van der Waals surface area contributed by atoms with Crippen LogP contribution in [0.4, 0.5) is 5.69 Å². The number of carbonyl (C=O) groups excluding carboxylic acids is 1. The fourth-order valence-corrected chi connectivity index (χ4v) is 6.69. The summed E-state index contributed by atoms with van der Waals surface area (Å²) in [6, 6.07) is 56.8. The van der Waals surface area contributed by atoms with E-state index >= 15 is 0 Å². The van der Waals surface area contributed by atoms with Crippen LogP contribution in [0.3, 0.4) is 0 Å². The van der Waals surface area contributed by atoms with Crippen LogP contribution in [-0.4, -0.2) is 31.3 Å². The van der Waals surface area contributed by atoms with Crippen molar-refractivity contribution in [1.29, 1.82) is 0 Å². The molecule has 0 heterocycles. The number of rotatable bonds is 12. The molecule has 0 saturated carbocycles. The van der Waals surface area contributed by atoms with Gasteiger partial charge < -0.3 is 19.5 Å². The predicted octanol–water partition coefficient (Wildman–Crippen LogP) is 14.5. The zero-order valence-corrected chi connectivity index (χ0v) is 42.1. The number of hydrogen-bond acceptors (Lipinski definition) is 5. The summed E-state index contributed by atoms with van der Waals surface area (Å²) in [4.78, 5) is 15.2. The second kappa shape index (κ2) is 27.8. The summed E-state index contributed by atoms with van der Waals surface area (Å²) < 4.78 is 11.8. The Morgan fingerprint density at radius 3 is 1.53 bits per heavy atom. The maximum atomic E-state index is 12.9. The molecule has 0 aliphatic rings. The number of para-hydroxylation sites is 2. The van der Waals surface area contributed by atoms with Crippen LogP contribution in [0.5, 0.6) is 11.5 Å². The summed E-state index contributed by atoms with van der Waals surface area (Å²) in [5, 5.41) is 11.2. The molecule has 6 heteroatoms. The summed E-state index contributed by atoms with van der Waals surface area (Å²) in [5.41, 5.74) is 10.6. The molecule has 7 aromatic carbocycles. The SMILES string of the molecule is Cc1ccc(OCCCN(C)c2c(C(C)C)cccc2C(C)C)c(-c2cccc(C(=O)OCc3ccccc3)c2O)c1.[CH2-]c1ccccc1.[CH2-]c1ccccc1.[CH2-]c1ccccc1.[Hf+4]. The van der Waals surface area contributed by atoms with Crippen molar-refractivity contribution >= 4 is 11.7 Å². The molecule has 0 aliphatic heterocycles. The molecule has 0 amide bonds. The third kappa shape index (κ3) is 17.2. The zero-order valence-electron chi connectivity index (χ0n) is 38.5. The Kier molecular flexibility index (Phi) is 22.7. The van der Waals surface area contributed by atoms with Gasteiger partial charge in [-0.3, -0.25) is 0 Å². The number of phenols is 1. The first-order valence-electron chi connectivity index (χ1n) is 21.6. The van der Waals surface area contributed by atoms with Crippen LogP contribution < -0.4 is 9.64 Å². The quantitative estimate of drug-likeness (QED) is 0.0572. The minimum Gasteiger partial charge on any atom is -0.506 e. The number of anilines is 1. The van der Waals surface area contributed by atoms with Crippen LogP contribution >= 0.6 is 0 Å². The summed E-state index contributed by atoms with van der Waals surface area (Å²) in [6.07, 6.45) is 0.825. The molecule has 0 fully saturated rings. The van der Waals surface area contributed by atoms with Gasteiger partial charge in [-0.15, -0.1) is 36.4 Å². The summed E-state index contributed by atoms with van der Waals surface area (Å²) in [6.45, 7) is 23.6. The normalized spacial score (nSPS) is 10.1. The number of ether oxygens (including phenoxy) is 2. The largest absolute Gasteiger partial charge is 4.00 e. The molecule has 0 aromatic heterocycles. The van der Waals surface area contributed by atoms with Crippen molar-refractivity contribution in [2.45, 2.75) is 59.5 Å². The van der Waals surface area contributed by atoms with Crippen LogP contribution in [0.15, 0.2) is 176 Å². The molecule has 7 aromatic rings. The van der Waals surface area contributed by atoms with E-state index in [1.807, 2.05) is 146 Å². The van der Waals surface area contributed by atoms with Gasteiger partial charge in [-0.2, -0.15) is 73.9 Å². The van der Waals surface area contributed by atoms with Gasteiger partial charge in [-0.1, -0.05) is 118 Å². The molecule has 5 nitrogen and oxygen atoms in total. The second-order valence-electron chi connectivity index (χ2n) is 15.9. The van der Waals surface area contributed by atoms with Crippen molar-refractivity contribution in [2.24, 2.45) is 0 Å². The van der Waals surface area contributed by atoms with Crippen molar-refractivity contribution in [3.8, 4) is 22.6 Å². The molecule has 64 heavy (non-hydrogen) atoms. The van der Waals surface area contributed by atoms with Gasteiger partial charge in [0.2, 0.25) is 0 Å². The monoisotopic (exact) mass is 1020 g/mol. The van der Waals surface area contributed by atoms with Crippen LogP contribution in [-0.2, 0) is 37.2 Å². The summed E-state index contributed by atoms with van der Waals surface area (Å²) >= 11 is 0. The molecule has 1 N–H and O–H groups in total. The van der Waals surface area contributed by atoms with Gasteiger partial charge >= 0.3 is 31.8 Å². The second-order valence-corrected chi connectivity index (χ2v) is 15.9. The number of phenolic OH excluding ortho intramolecular Hbond substituents is 1. The molecule has 0 bridgehead atoms. The zero-order chi connectivity index (χ0) is 45.6. The number of aryl methyl sites for hydroxylation is 1. The van der Waals surface area contributed by atoms with E-state index in [9.17, 15) is 9.90 Å². The predicted molar refractivity (Wildman–Crippen MR) is 265 cm³/mol. The Morgan fingerprint density at radius 2 is 1.08 bits per heavy atom. The topological polar surface area (TPSA) is 59.0 Å². The minimum absolute atomic E-state index is 0. The Balaban J connectivity index is 0.000000398. The number of esters is 1. The number of hydrogen-bond donors (Lipinski definition) is 1. The number of carbonyl (C=O) groups is 1. The first-order valence-corrected chi connectivity index (χ1v) is 21.6. The standard InChI is InChI=1S/C37H43NO4.3C7H7.Hf/c1-25(2)29-15-10-16-30(26(3)4)35(29)38(6)21-12-22-41-34-20-19-27(5)23-33(34)31-17-11-18-32(36(31)39)37(40)42-24-28-13-8-7-9-14-28;3*1-7-5-3-2-4-6-7;/h7-11,13-20,23,25-26,39H,12,21-22,24H2,1-6H3;3*2-6H,1H2;/q;3*-1;+4. The van der Waals surface area contributed by atoms with Crippen molar-refractivity contribution in [2.75, 3.05) is 25.1 Å². The van der Waals surface area contributed by atoms with Gasteiger partial charge in [0.15, 0.2) is 0 Å². The Morgan fingerprint density at radius 1 is 0.609 bits per heavy atom. The van der Waals surface area contributed by atoms with Gasteiger partial charge in [0.25, 0.3) is 0 Å². The van der Waals surface area contributed by atoms with Gasteiger partial charge in [-0.05, 0) is 60.1 Å². The number of nitrogens with zero attached hydrogens (tertiary/aromatic N) is 1. The molecule has 328 valence electrons. The molecular formula is C58H64HfNO4+. The summed E-state index contributed by atoms with van der Waals surface area (Å²) in [7, 11) is 2.16. The molecule has 0 atom stereocenters. The fraction of sp³-hybridized carbons (Fsp3) is 0.207. The molecule has 0 radical (unpaired) electrons. The van der Waals surface area contributed by atoms with Crippen molar-refractivity contribution in [1.82, 2.24) is 0 Å². The average molecular weight is 1020 g/mol. The van der Waals surface area contributed by atoms with Gasteiger partial charge in [0.05, 0.1) is 6.61 Å². The van der Waals surface area contributed by atoms with Crippen molar-refractivity contribution in [3.05, 3.63) is 241 Å². The molecule has 0 spiro atoms. The molecule has 7 rings (SSSR count). The molecule has 0 saturated heterocycles. The average Bonchev–Trinajstić information content (AvgIpc) is 3.29. The van der Waals surface area contributed by atoms with E-state index in [4.69, 9.17) is 9.47 Å². The van der Waals surface area contributed by atoms with E-state index in [2.05, 4.69) is 78.6 Å². The van der Waals surface area contributed by atoms with Crippen LogP contribution in [0.1, 0.15) is 95.3 Å². The maximum Gasteiger partial charge on any atom is 4.00 e. The van der Waals surface area contributed by atoms with Gasteiger partial charge in [-0.25, -0.2) is 4.79 Å². The first-order chi connectivity index (χ1) is 30.3. The van der Waals surface area contributed by atoms with Gasteiger partial charge in [0.1, 0.15) is 23.7 Å². The van der Waals surface area contributed by atoms with E-state index in [0.717, 1.165) is 46.3 Å². The van der Waals surface area contributed by atoms with Crippen LogP contribution in [0.2, 0.25) is 0 Å². The Bertz CT molecular complexity index is 2270. The fourth-order valence-electron chi connectivity index (χ4n) is 6.69. The first kappa shape index (κ1) is 52.2. The van der Waals surface area contributed by atoms with E-state index in [0.29, 0.717) is 29.8 Å². The third-order valence-electron chi connectivity index (χ3n) is 10.0. The van der Waals surface area contributed by atoms with Gasteiger partial charge in [0, 0.05) is 30.4 Å². The van der Waals surface area contributed by atoms with E-state index in [-0.39, 0.29) is 43.8 Å². The number of benzene rings is 7. The van der Waals surface area contributed by atoms with Crippen LogP contribution in [0.25, 0.3) is 11.1 Å². The van der Waals surface area contributed by atoms with E-state index < -0.39 is 5.97 Å². The number of aromatic hydroxyl groups is 1. The van der Waals surface area contributed by atoms with E-state index in [1.54, 1.807) is 18.2 Å². The minimum atomic E-state index is -0.571. The molecule has 0 unspecified atom stereocenters.